The maximum atomic E-state index is 12.3. The molecule has 0 aliphatic heterocycles. The van der Waals surface area contributed by atoms with Crippen molar-refractivity contribution in [1.82, 2.24) is 0 Å². The van der Waals surface area contributed by atoms with Crippen molar-refractivity contribution < 1.29 is 14.3 Å². The normalized spacial score (nSPS) is 10.8. The van der Waals surface area contributed by atoms with Gasteiger partial charge in [-0.15, -0.1) is 11.3 Å². The molecule has 0 saturated carbocycles. The summed E-state index contributed by atoms with van der Waals surface area (Å²) in [5.41, 5.74) is 2.13. The van der Waals surface area contributed by atoms with E-state index < -0.39 is 5.97 Å². The van der Waals surface area contributed by atoms with E-state index in [1.54, 1.807) is 0 Å². The van der Waals surface area contributed by atoms with E-state index in [4.69, 9.17) is 4.74 Å². The summed E-state index contributed by atoms with van der Waals surface area (Å²) in [5, 5.41) is 3.41. The number of rotatable bonds is 5. The van der Waals surface area contributed by atoms with Crippen molar-refractivity contribution in [3.8, 4) is 11.1 Å². The van der Waals surface area contributed by atoms with Crippen LogP contribution in [0.4, 0.5) is 5.00 Å². The Morgan fingerprint density at radius 2 is 1.88 bits per heavy atom. The quantitative estimate of drug-likeness (QED) is 0.685. The summed E-state index contributed by atoms with van der Waals surface area (Å²) < 4.78 is 5.91. The van der Waals surface area contributed by atoms with Crippen LogP contribution in [0.5, 0.6) is 0 Å². The van der Waals surface area contributed by atoms with Gasteiger partial charge in [-0.2, -0.15) is 0 Å². The minimum Gasteiger partial charge on any atom is -0.465 e. The Morgan fingerprint density at radius 1 is 1.25 bits per heavy atom. The number of nitrogens with one attached hydrogen (secondary N) is 1. The van der Waals surface area contributed by atoms with Crippen LogP contribution < -0.4 is 5.32 Å². The van der Waals surface area contributed by atoms with Gasteiger partial charge >= 0.3 is 5.97 Å². The van der Waals surface area contributed by atoms with Gasteiger partial charge in [0.2, 0.25) is 5.91 Å². The number of hydrogen-bond acceptors (Lipinski definition) is 4. The molecule has 1 N–H and O–H groups in total. The van der Waals surface area contributed by atoms with Crippen LogP contribution in [0.15, 0.2) is 28.7 Å². The molecule has 0 saturated heterocycles. The maximum absolute atomic E-state index is 12.3. The molecule has 24 heavy (non-hydrogen) atoms. The minimum absolute atomic E-state index is 0.0984. The van der Waals surface area contributed by atoms with E-state index in [1.807, 2.05) is 45.0 Å². The van der Waals surface area contributed by atoms with Gasteiger partial charge in [0, 0.05) is 21.3 Å². The van der Waals surface area contributed by atoms with Crippen molar-refractivity contribution in [2.24, 2.45) is 5.92 Å². The lowest BCUT2D eigenvalue weighted by Gasteiger charge is -2.09. The van der Waals surface area contributed by atoms with Crippen molar-refractivity contribution in [1.29, 1.82) is 0 Å². The second kappa shape index (κ2) is 7.94. The number of methoxy groups -OCH3 is 1. The molecule has 1 amide bonds. The molecule has 0 aliphatic carbocycles. The minimum atomic E-state index is -0.447. The zero-order valence-corrected chi connectivity index (χ0v) is 16.5. The fraction of sp³-hybridized carbons (Fsp3) is 0.333. The van der Waals surface area contributed by atoms with Crippen LogP contribution in [0.25, 0.3) is 11.1 Å². The van der Waals surface area contributed by atoms with Gasteiger partial charge in [0.1, 0.15) is 10.6 Å². The van der Waals surface area contributed by atoms with Crippen LogP contribution >= 0.6 is 27.3 Å². The molecule has 0 bridgehead atoms. The molecule has 0 spiro atoms. The van der Waals surface area contributed by atoms with Crippen molar-refractivity contribution in [2.75, 3.05) is 12.4 Å². The smallest absolute Gasteiger partial charge is 0.341 e. The fourth-order valence-corrected chi connectivity index (χ4v) is 3.79. The molecule has 1 heterocycles. The summed E-state index contributed by atoms with van der Waals surface area (Å²) in [6, 6.07) is 7.71. The van der Waals surface area contributed by atoms with E-state index in [0.717, 1.165) is 20.5 Å². The summed E-state index contributed by atoms with van der Waals surface area (Å²) in [6.45, 7) is 5.90. The van der Waals surface area contributed by atoms with E-state index >= 15 is 0 Å². The second-order valence-electron chi connectivity index (χ2n) is 5.88. The van der Waals surface area contributed by atoms with Gasteiger partial charge in [0.25, 0.3) is 0 Å². The number of carbonyl (C=O) groups excluding carboxylic acids is 2. The van der Waals surface area contributed by atoms with Crippen molar-refractivity contribution in [3.63, 3.8) is 0 Å². The Bertz CT molecular complexity index is 750. The van der Waals surface area contributed by atoms with E-state index in [1.165, 1.54) is 18.4 Å². The lowest BCUT2D eigenvalue weighted by atomic mass is 10.0. The molecular weight excluding hydrogens is 390 g/mol. The first-order valence-corrected chi connectivity index (χ1v) is 9.22. The number of ether oxygens (including phenoxy) is 1. The average Bonchev–Trinajstić information content (AvgIpc) is 2.82. The molecule has 0 atom stereocenters. The van der Waals surface area contributed by atoms with E-state index in [2.05, 4.69) is 21.2 Å². The van der Waals surface area contributed by atoms with Gasteiger partial charge in [0.15, 0.2) is 0 Å². The van der Waals surface area contributed by atoms with Crippen molar-refractivity contribution >= 4 is 44.1 Å². The lowest BCUT2D eigenvalue weighted by molar-refractivity contribution is -0.116. The topological polar surface area (TPSA) is 55.4 Å². The van der Waals surface area contributed by atoms with Gasteiger partial charge in [-0.05, 0) is 30.5 Å². The zero-order chi connectivity index (χ0) is 17.9. The van der Waals surface area contributed by atoms with Crippen LogP contribution in [-0.4, -0.2) is 19.0 Å². The molecule has 1 aromatic carbocycles. The molecule has 128 valence electrons. The summed E-state index contributed by atoms with van der Waals surface area (Å²) in [6.07, 6.45) is 0.408. The second-order valence-corrected chi connectivity index (χ2v) is 8.02. The van der Waals surface area contributed by atoms with Crippen LogP contribution in [0, 0.1) is 12.8 Å². The number of benzene rings is 1. The number of esters is 1. The van der Waals surface area contributed by atoms with E-state index in [9.17, 15) is 9.59 Å². The van der Waals surface area contributed by atoms with Crippen LogP contribution in [0.1, 0.15) is 35.5 Å². The fourth-order valence-electron chi connectivity index (χ4n) is 2.44. The summed E-state index contributed by atoms with van der Waals surface area (Å²) >= 11 is 4.81. The highest BCUT2D eigenvalue weighted by Gasteiger charge is 2.25. The number of halogens is 1. The standard InChI is InChI=1S/C18H20BrNO3S/c1-10(2)9-14(21)20-17-16(18(22)23-4)15(11(3)24-17)12-5-7-13(19)8-6-12/h5-8,10H,9H2,1-4H3,(H,20,21). The molecule has 6 heteroatoms. The monoisotopic (exact) mass is 409 g/mol. The molecule has 0 radical (unpaired) electrons. The van der Waals surface area contributed by atoms with Gasteiger partial charge in [-0.25, -0.2) is 4.79 Å². The molecule has 0 aliphatic rings. The Balaban J connectivity index is 2.49. The average molecular weight is 410 g/mol. The van der Waals surface area contributed by atoms with Crippen molar-refractivity contribution in [3.05, 3.63) is 39.2 Å². The molecule has 4 nitrogen and oxygen atoms in total. The Hall–Kier alpha value is -1.66. The third-order valence-corrected chi connectivity index (χ3v) is 5.00. The highest BCUT2D eigenvalue weighted by Crippen LogP contribution is 2.40. The number of hydrogen-bond donors (Lipinski definition) is 1. The lowest BCUT2D eigenvalue weighted by Crippen LogP contribution is -2.15. The predicted molar refractivity (Wildman–Crippen MR) is 102 cm³/mol. The molecule has 0 unspecified atom stereocenters. The van der Waals surface area contributed by atoms with Gasteiger partial charge < -0.3 is 10.1 Å². The first-order chi connectivity index (χ1) is 11.3. The number of carbonyl (C=O) groups is 2. The summed E-state index contributed by atoms with van der Waals surface area (Å²) in [7, 11) is 1.35. The molecule has 0 fully saturated rings. The number of thiophene rings is 1. The first-order valence-electron chi connectivity index (χ1n) is 7.61. The van der Waals surface area contributed by atoms with Crippen LogP contribution in [0.3, 0.4) is 0 Å². The first kappa shape index (κ1) is 18.7. The Kier molecular flexibility index (Phi) is 6.18. The van der Waals surface area contributed by atoms with Gasteiger partial charge in [-0.1, -0.05) is 41.9 Å². The van der Waals surface area contributed by atoms with Gasteiger partial charge in [0.05, 0.1) is 7.11 Å². The van der Waals surface area contributed by atoms with E-state index in [-0.39, 0.29) is 11.8 Å². The number of anilines is 1. The summed E-state index contributed by atoms with van der Waals surface area (Å²) in [5.74, 6) is -0.297. The number of aryl methyl sites for hydroxylation is 1. The molecular formula is C18H20BrNO3S. The zero-order valence-electron chi connectivity index (χ0n) is 14.1. The highest BCUT2D eigenvalue weighted by molar-refractivity contribution is 9.10. The number of amides is 1. The third-order valence-electron chi connectivity index (χ3n) is 3.45. The highest BCUT2D eigenvalue weighted by atomic mass is 79.9. The largest absolute Gasteiger partial charge is 0.465 e. The Morgan fingerprint density at radius 3 is 2.42 bits per heavy atom. The molecule has 2 aromatic rings. The third kappa shape index (κ3) is 4.24. The summed E-state index contributed by atoms with van der Waals surface area (Å²) in [4.78, 5) is 25.4. The van der Waals surface area contributed by atoms with E-state index in [0.29, 0.717) is 17.0 Å². The predicted octanol–water partition coefficient (Wildman–Crippen LogP) is 5.26. The SMILES string of the molecule is COC(=O)c1c(NC(=O)CC(C)C)sc(C)c1-c1ccc(Br)cc1. The van der Waals surface area contributed by atoms with Crippen LogP contribution in [0.2, 0.25) is 0 Å². The van der Waals surface area contributed by atoms with Crippen LogP contribution in [-0.2, 0) is 9.53 Å². The van der Waals surface area contributed by atoms with Gasteiger partial charge in [-0.3, -0.25) is 4.79 Å². The molecule has 2 rings (SSSR count). The van der Waals surface area contributed by atoms with Crippen molar-refractivity contribution in [2.45, 2.75) is 27.2 Å². The maximum Gasteiger partial charge on any atom is 0.341 e. The molecule has 1 aromatic heterocycles. The Labute approximate surface area is 154 Å².